The number of nitrogens with two attached hydrogens (primary N) is 1. The fourth-order valence-electron chi connectivity index (χ4n) is 1.40. The highest BCUT2D eigenvalue weighted by atomic mass is 19.1. The summed E-state index contributed by atoms with van der Waals surface area (Å²) in [5.41, 5.74) is 2.58. The molecule has 0 aromatic heterocycles. The summed E-state index contributed by atoms with van der Waals surface area (Å²) < 4.78 is 12.6. The van der Waals surface area contributed by atoms with Crippen molar-refractivity contribution in [2.24, 2.45) is 0 Å². The summed E-state index contributed by atoms with van der Waals surface area (Å²) in [6, 6.07) is 5.96. The zero-order chi connectivity index (χ0) is 13.9. The van der Waals surface area contributed by atoms with Gasteiger partial charge in [-0.25, -0.2) is 4.39 Å². The quantitative estimate of drug-likeness (QED) is 0.609. The molecule has 1 atom stereocenters. The van der Waals surface area contributed by atoms with Crippen molar-refractivity contribution in [3.63, 3.8) is 0 Å². The van der Waals surface area contributed by atoms with Crippen LogP contribution in [-0.4, -0.2) is 23.2 Å². The summed E-state index contributed by atoms with van der Waals surface area (Å²) in [4.78, 5) is 11.9. The molecule has 1 aromatic rings. The number of hydrogen-bond donors (Lipinski definition) is 2. The molecule has 0 saturated heterocycles. The van der Waals surface area contributed by atoms with Crippen LogP contribution in [0, 0.1) is 22.7 Å². The van der Waals surface area contributed by atoms with Gasteiger partial charge in [-0.2, -0.15) is 10.5 Å². The molecule has 0 aliphatic rings. The highest BCUT2D eigenvalue weighted by molar-refractivity contribution is 6.08. The Labute approximate surface area is 103 Å². The number of ketones is 1. The second-order valence-corrected chi connectivity index (χ2v) is 3.91. The third-order valence-electron chi connectivity index (χ3n) is 2.45. The van der Waals surface area contributed by atoms with Gasteiger partial charge in [0.25, 0.3) is 0 Å². The Kier molecular flexibility index (Phi) is 3.65. The predicted molar refractivity (Wildman–Crippen MR) is 61.2 cm³/mol. The van der Waals surface area contributed by atoms with Crippen LogP contribution in [0.5, 0.6) is 0 Å². The number of Topliss-reactive ketones (excluding diaryl/α,β-unsaturated/α-hetero) is 1. The van der Waals surface area contributed by atoms with Crippen LogP contribution in [0.2, 0.25) is 0 Å². The van der Waals surface area contributed by atoms with Crippen molar-refractivity contribution in [1.82, 2.24) is 0 Å². The van der Waals surface area contributed by atoms with Gasteiger partial charge in [-0.15, -0.1) is 0 Å². The van der Waals surface area contributed by atoms with Crippen LogP contribution in [0.4, 0.5) is 10.1 Å². The summed E-state index contributed by atoms with van der Waals surface area (Å²) >= 11 is 0. The molecule has 0 fully saturated rings. The number of carbonyl (C=O) groups is 1. The van der Waals surface area contributed by atoms with Crippen LogP contribution in [0.15, 0.2) is 12.1 Å². The van der Waals surface area contributed by atoms with E-state index < -0.39 is 18.1 Å². The minimum Gasteiger partial charge on any atom is -0.398 e. The van der Waals surface area contributed by atoms with Gasteiger partial charge >= 0.3 is 0 Å². The number of carbonyl (C=O) groups excluding carboxylic acids is 1. The second-order valence-electron chi connectivity index (χ2n) is 3.91. The first-order valence-corrected chi connectivity index (χ1v) is 4.95. The average Bonchev–Trinajstić information content (AvgIpc) is 2.37. The molecule has 5 nitrogen and oxygen atoms in total. The van der Waals surface area contributed by atoms with E-state index in [1.807, 2.05) is 0 Å². The second kappa shape index (κ2) is 4.82. The number of alkyl halides is 1. The van der Waals surface area contributed by atoms with Gasteiger partial charge in [0.1, 0.15) is 18.8 Å². The van der Waals surface area contributed by atoms with Gasteiger partial charge in [0, 0.05) is 5.69 Å². The van der Waals surface area contributed by atoms with Crippen LogP contribution in [-0.2, 0) is 0 Å². The summed E-state index contributed by atoms with van der Waals surface area (Å²) in [5.74, 6) is -1.02. The lowest BCUT2D eigenvalue weighted by Gasteiger charge is -2.19. The molecule has 1 aromatic carbocycles. The maximum absolute atomic E-state index is 12.6. The molecular weight excluding hydrogens is 237 g/mol. The van der Waals surface area contributed by atoms with Crippen LogP contribution >= 0.6 is 0 Å². The van der Waals surface area contributed by atoms with Gasteiger partial charge in [-0.05, 0) is 19.1 Å². The van der Waals surface area contributed by atoms with E-state index in [0.29, 0.717) is 0 Å². The summed E-state index contributed by atoms with van der Waals surface area (Å²) in [7, 11) is 0. The SMILES string of the molecule is CC(O)(CF)C(=O)c1c(N)ccc(C#N)c1C#N. The van der Waals surface area contributed by atoms with Crippen molar-refractivity contribution in [3.8, 4) is 12.1 Å². The molecule has 6 heteroatoms. The van der Waals surface area contributed by atoms with Gasteiger partial charge in [0.15, 0.2) is 11.4 Å². The van der Waals surface area contributed by atoms with Crippen LogP contribution in [0.25, 0.3) is 0 Å². The number of hydrogen-bond acceptors (Lipinski definition) is 5. The van der Waals surface area contributed by atoms with E-state index in [0.717, 1.165) is 6.92 Å². The van der Waals surface area contributed by atoms with Crippen molar-refractivity contribution in [1.29, 1.82) is 10.5 Å². The van der Waals surface area contributed by atoms with E-state index in [9.17, 15) is 14.3 Å². The molecule has 0 radical (unpaired) electrons. The number of aliphatic hydroxyl groups is 1. The largest absolute Gasteiger partial charge is 0.398 e. The lowest BCUT2D eigenvalue weighted by atomic mass is 9.89. The maximum Gasteiger partial charge on any atom is 0.200 e. The fourth-order valence-corrected chi connectivity index (χ4v) is 1.40. The Morgan fingerprint density at radius 2 is 2.11 bits per heavy atom. The van der Waals surface area contributed by atoms with E-state index in [-0.39, 0.29) is 22.4 Å². The maximum atomic E-state index is 12.6. The molecule has 0 amide bonds. The van der Waals surface area contributed by atoms with Gasteiger partial charge < -0.3 is 10.8 Å². The third-order valence-corrected chi connectivity index (χ3v) is 2.45. The number of benzene rings is 1. The number of nitrogen functional groups attached to an aromatic ring is 1. The Morgan fingerprint density at radius 3 is 2.56 bits per heavy atom. The molecule has 1 rings (SSSR count). The molecule has 92 valence electrons. The van der Waals surface area contributed by atoms with Gasteiger partial charge in [0.2, 0.25) is 0 Å². The number of anilines is 1. The van der Waals surface area contributed by atoms with E-state index in [4.69, 9.17) is 16.3 Å². The third kappa shape index (κ3) is 2.15. The Hall–Kier alpha value is -2.44. The molecule has 0 saturated carbocycles. The number of nitrogens with zero attached hydrogens (tertiary/aromatic N) is 2. The highest BCUT2D eigenvalue weighted by Gasteiger charge is 2.34. The first kappa shape index (κ1) is 13.6. The minimum atomic E-state index is -2.27. The van der Waals surface area contributed by atoms with Gasteiger partial charge in [0.05, 0.1) is 16.7 Å². The Bertz CT molecular complexity index is 582. The van der Waals surface area contributed by atoms with Crippen LogP contribution < -0.4 is 5.73 Å². The number of halogens is 1. The molecule has 0 aliphatic heterocycles. The van der Waals surface area contributed by atoms with E-state index in [1.165, 1.54) is 12.1 Å². The first-order valence-electron chi connectivity index (χ1n) is 4.95. The van der Waals surface area contributed by atoms with E-state index >= 15 is 0 Å². The highest BCUT2D eigenvalue weighted by Crippen LogP contribution is 2.25. The van der Waals surface area contributed by atoms with Gasteiger partial charge in [-0.3, -0.25) is 4.79 Å². The Morgan fingerprint density at radius 1 is 1.50 bits per heavy atom. The summed E-state index contributed by atoms with van der Waals surface area (Å²) in [6.07, 6.45) is 0. The number of rotatable bonds is 3. The van der Waals surface area contributed by atoms with E-state index in [2.05, 4.69) is 0 Å². The van der Waals surface area contributed by atoms with Crippen LogP contribution in [0.1, 0.15) is 28.4 Å². The molecule has 0 spiro atoms. The topological polar surface area (TPSA) is 111 Å². The lowest BCUT2D eigenvalue weighted by Crippen LogP contribution is -2.38. The zero-order valence-corrected chi connectivity index (χ0v) is 9.57. The molecule has 0 aliphatic carbocycles. The molecular formula is C12H10FN3O2. The molecule has 0 heterocycles. The van der Waals surface area contributed by atoms with Crippen molar-refractivity contribution >= 4 is 11.5 Å². The molecule has 1 unspecified atom stereocenters. The monoisotopic (exact) mass is 247 g/mol. The Balaban J connectivity index is 3.56. The summed E-state index contributed by atoms with van der Waals surface area (Å²) in [6.45, 7) is -0.331. The van der Waals surface area contributed by atoms with Crippen molar-refractivity contribution in [2.45, 2.75) is 12.5 Å². The lowest BCUT2D eigenvalue weighted by molar-refractivity contribution is 0.0287. The molecule has 18 heavy (non-hydrogen) atoms. The molecule has 0 bridgehead atoms. The average molecular weight is 247 g/mol. The predicted octanol–water partition coefficient (Wildman–Crippen LogP) is 0.915. The summed E-state index contributed by atoms with van der Waals surface area (Å²) in [5, 5.41) is 27.4. The normalized spacial score (nSPS) is 13.2. The molecule has 3 N–H and O–H groups in total. The van der Waals surface area contributed by atoms with Crippen molar-refractivity contribution in [3.05, 3.63) is 28.8 Å². The fraction of sp³-hybridized carbons (Fsp3) is 0.250. The smallest absolute Gasteiger partial charge is 0.200 e. The zero-order valence-electron chi connectivity index (χ0n) is 9.57. The van der Waals surface area contributed by atoms with Gasteiger partial charge in [-0.1, -0.05) is 0 Å². The number of nitriles is 2. The standard InChI is InChI=1S/C12H10FN3O2/c1-12(18,6-13)11(17)10-8(5-15)7(4-14)2-3-9(10)16/h2-3,18H,6,16H2,1H3. The minimum absolute atomic E-state index is 0.0512. The van der Waals surface area contributed by atoms with Crippen molar-refractivity contribution in [2.75, 3.05) is 12.4 Å². The van der Waals surface area contributed by atoms with E-state index in [1.54, 1.807) is 12.1 Å². The van der Waals surface area contributed by atoms with Crippen molar-refractivity contribution < 1.29 is 14.3 Å². The first-order chi connectivity index (χ1) is 8.38. The van der Waals surface area contributed by atoms with Crippen LogP contribution in [0.3, 0.4) is 0 Å².